The number of halogens is 1. The van der Waals surface area contributed by atoms with E-state index in [2.05, 4.69) is 11.1 Å². The third-order valence-electron chi connectivity index (χ3n) is 4.91. The van der Waals surface area contributed by atoms with E-state index in [1.807, 2.05) is 58.9 Å². The maximum atomic E-state index is 14.9. The van der Waals surface area contributed by atoms with Gasteiger partial charge in [-0.2, -0.15) is 5.26 Å². The molecule has 3 aromatic rings. The summed E-state index contributed by atoms with van der Waals surface area (Å²) < 4.78 is 20.2. The molecule has 26 heavy (non-hydrogen) atoms. The first-order valence-corrected chi connectivity index (χ1v) is 8.68. The number of nitriles is 1. The van der Waals surface area contributed by atoms with Crippen molar-refractivity contribution in [3.8, 4) is 6.07 Å². The second-order valence-corrected chi connectivity index (χ2v) is 8.44. The zero-order chi connectivity index (χ0) is 19.1. The summed E-state index contributed by atoms with van der Waals surface area (Å²) in [6, 6.07) is 11.4. The Morgan fingerprint density at radius 2 is 1.81 bits per heavy atom. The number of hydrogen-bond donors (Lipinski definition) is 0. The van der Waals surface area contributed by atoms with E-state index < -0.39 is 0 Å². The van der Waals surface area contributed by atoms with Crippen molar-refractivity contribution in [3.05, 3.63) is 64.8 Å². The first-order valence-electron chi connectivity index (χ1n) is 8.68. The van der Waals surface area contributed by atoms with Crippen LogP contribution in [0.25, 0.3) is 11.1 Å². The summed E-state index contributed by atoms with van der Waals surface area (Å²) in [6.45, 7) is 10.1. The molecule has 134 valence electrons. The lowest BCUT2D eigenvalue weighted by Gasteiger charge is -2.27. The average molecular weight is 350 g/mol. The van der Waals surface area contributed by atoms with E-state index in [-0.39, 0.29) is 16.6 Å². The Morgan fingerprint density at radius 1 is 1.08 bits per heavy atom. The summed E-state index contributed by atoms with van der Waals surface area (Å²) in [5.41, 5.74) is 3.67. The van der Waals surface area contributed by atoms with Gasteiger partial charge in [0.2, 0.25) is 0 Å². The van der Waals surface area contributed by atoms with Crippen molar-refractivity contribution < 1.29 is 8.81 Å². The van der Waals surface area contributed by atoms with Crippen LogP contribution in [0, 0.1) is 17.1 Å². The number of fused-ring (bicyclic) bond motifs is 1. The van der Waals surface area contributed by atoms with Crippen LogP contribution in [0.5, 0.6) is 0 Å². The molecule has 1 aromatic heterocycles. The predicted octanol–water partition coefficient (Wildman–Crippen LogP) is 5.66. The molecule has 0 bridgehead atoms. The maximum Gasteiger partial charge on any atom is 0.181 e. The van der Waals surface area contributed by atoms with Gasteiger partial charge >= 0.3 is 0 Å². The lowest BCUT2D eigenvalue weighted by atomic mass is 9.77. The molecule has 3 nitrogen and oxygen atoms in total. The molecule has 0 aliphatic carbocycles. The van der Waals surface area contributed by atoms with Gasteiger partial charge in [0, 0.05) is 5.56 Å². The molecule has 2 aromatic carbocycles. The van der Waals surface area contributed by atoms with Gasteiger partial charge in [-0.05, 0) is 52.6 Å². The average Bonchev–Trinajstić information content (AvgIpc) is 3.03. The molecule has 0 unspecified atom stereocenters. The Labute approximate surface area is 153 Å². The van der Waals surface area contributed by atoms with E-state index >= 15 is 0 Å². The molecule has 4 heteroatoms. The van der Waals surface area contributed by atoms with Crippen LogP contribution in [0.1, 0.15) is 56.9 Å². The first kappa shape index (κ1) is 18.1. The van der Waals surface area contributed by atoms with Gasteiger partial charge in [0.25, 0.3) is 0 Å². The molecular weight excluding hydrogens is 327 g/mol. The van der Waals surface area contributed by atoms with E-state index in [1.54, 1.807) is 6.07 Å². The van der Waals surface area contributed by atoms with E-state index in [1.165, 1.54) is 6.39 Å². The summed E-state index contributed by atoms with van der Waals surface area (Å²) in [6.07, 6.45) is 1.84. The molecule has 1 heterocycles. The van der Waals surface area contributed by atoms with E-state index in [9.17, 15) is 9.65 Å². The fourth-order valence-corrected chi connectivity index (χ4v) is 3.17. The highest BCUT2D eigenvalue weighted by Crippen LogP contribution is 2.33. The fourth-order valence-electron chi connectivity index (χ4n) is 3.17. The molecule has 0 spiro atoms. The minimum atomic E-state index is -0.358. The van der Waals surface area contributed by atoms with Gasteiger partial charge in [0.15, 0.2) is 12.0 Å². The van der Waals surface area contributed by atoms with Crippen molar-refractivity contribution in [2.75, 3.05) is 0 Å². The third kappa shape index (κ3) is 3.35. The Kier molecular flexibility index (Phi) is 4.36. The van der Waals surface area contributed by atoms with Gasteiger partial charge < -0.3 is 4.42 Å². The van der Waals surface area contributed by atoms with Crippen LogP contribution in [0.4, 0.5) is 4.39 Å². The van der Waals surface area contributed by atoms with Gasteiger partial charge in [0.05, 0.1) is 11.6 Å². The van der Waals surface area contributed by atoms with E-state index in [0.717, 1.165) is 22.2 Å². The predicted molar refractivity (Wildman–Crippen MR) is 101 cm³/mol. The van der Waals surface area contributed by atoms with Crippen LogP contribution in [-0.4, -0.2) is 4.98 Å². The molecule has 0 N–H and O–H groups in total. The van der Waals surface area contributed by atoms with Crippen LogP contribution in [0.2, 0.25) is 0 Å². The molecule has 0 radical (unpaired) electrons. The van der Waals surface area contributed by atoms with Crippen LogP contribution >= 0.6 is 0 Å². The number of aromatic nitrogens is 1. The SMILES string of the molecule is CC(C)(C)c1cc(F)c(CC(C)(C)c2ccc3ocnc3c2)c(C#N)c1. The smallest absolute Gasteiger partial charge is 0.181 e. The van der Waals surface area contributed by atoms with Gasteiger partial charge in [-0.15, -0.1) is 0 Å². The normalized spacial score (nSPS) is 12.3. The van der Waals surface area contributed by atoms with Crippen LogP contribution in [0.3, 0.4) is 0 Å². The van der Waals surface area contributed by atoms with Crippen molar-refractivity contribution in [1.82, 2.24) is 4.98 Å². The second-order valence-electron chi connectivity index (χ2n) is 8.44. The molecule has 0 amide bonds. The maximum absolute atomic E-state index is 14.9. The highest BCUT2D eigenvalue weighted by atomic mass is 19.1. The molecule has 0 saturated carbocycles. The highest BCUT2D eigenvalue weighted by Gasteiger charge is 2.27. The zero-order valence-corrected chi connectivity index (χ0v) is 15.9. The summed E-state index contributed by atoms with van der Waals surface area (Å²) >= 11 is 0. The van der Waals surface area contributed by atoms with Gasteiger partial charge in [-0.25, -0.2) is 9.37 Å². The summed E-state index contributed by atoms with van der Waals surface area (Å²) in [7, 11) is 0. The van der Waals surface area contributed by atoms with Crippen molar-refractivity contribution in [2.45, 2.75) is 51.9 Å². The van der Waals surface area contributed by atoms with Crippen LogP contribution in [0.15, 0.2) is 41.1 Å². The Morgan fingerprint density at radius 3 is 2.46 bits per heavy atom. The number of benzene rings is 2. The Balaban J connectivity index is 2.02. The molecule has 0 aliphatic rings. The number of oxazole rings is 1. The minimum absolute atomic E-state index is 0.210. The minimum Gasteiger partial charge on any atom is -0.443 e. The Hall–Kier alpha value is -2.67. The lowest BCUT2D eigenvalue weighted by molar-refractivity contribution is 0.497. The second kappa shape index (κ2) is 6.25. The van der Waals surface area contributed by atoms with Crippen LogP contribution < -0.4 is 0 Å². The zero-order valence-electron chi connectivity index (χ0n) is 15.9. The fraction of sp³-hybridized carbons (Fsp3) is 0.364. The van der Waals surface area contributed by atoms with E-state index in [0.29, 0.717) is 17.5 Å². The first-order chi connectivity index (χ1) is 12.1. The van der Waals surface area contributed by atoms with Crippen molar-refractivity contribution in [3.63, 3.8) is 0 Å². The third-order valence-corrected chi connectivity index (χ3v) is 4.91. The summed E-state index contributed by atoms with van der Waals surface area (Å²) in [5.74, 6) is -0.315. The van der Waals surface area contributed by atoms with Gasteiger partial charge in [-0.1, -0.05) is 40.7 Å². The van der Waals surface area contributed by atoms with Crippen molar-refractivity contribution in [1.29, 1.82) is 5.26 Å². The number of nitrogens with zero attached hydrogens (tertiary/aromatic N) is 2. The Bertz CT molecular complexity index is 1000. The lowest BCUT2D eigenvalue weighted by Crippen LogP contribution is -2.22. The van der Waals surface area contributed by atoms with Crippen molar-refractivity contribution >= 4 is 11.1 Å². The number of hydrogen-bond acceptors (Lipinski definition) is 3. The molecule has 0 saturated heterocycles. The standard InChI is InChI=1S/C22H23FN2O/c1-21(2,3)16-8-14(12-24)17(18(23)9-16)11-22(4,5)15-6-7-20-19(10-15)25-13-26-20/h6-10,13H,11H2,1-5H3. The molecule has 3 rings (SSSR count). The van der Waals surface area contributed by atoms with Gasteiger partial charge in [0.1, 0.15) is 11.3 Å². The van der Waals surface area contributed by atoms with Gasteiger partial charge in [-0.3, -0.25) is 0 Å². The topological polar surface area (TPSA) is 49.8 Å². The largest absolute Gasteiger partial charge is 0.443 e. The summed E-state index contributed by atoms with van der Waals surface area (Å²) in [4.78, 5) is 4.20. The molecular formula is C22H23FN2O. The molecule has 0 fully saturated rings. The quantitative estimate of drug-likeness (QED) is 0.613. The van der Waals surface area contributed by atoms with Crippen molar-refractivity contribution in [2.24, 2.45) is 0 Å². The highest BCUT2D eigenvalue weighted by molar-refractivity contribution is 5.73. The monoisotopic (exact) mass is 350 g/mol. The molecule has 0 aliphatic heterocycles. The van der Waals surface area contributed by atoms with Crippen LogP contribution in [-0.2, 0) is 17.3 Å². The number of rotatable bonds is 3. The van der Waals surface area contributed by atoms with E-state index in [4.69, 9.17) is 4.42 Å². The summed E-state index contributed by atoms with van der Waals surface area (Å²) in [5, 5.41) is 9.57. The molecule has 0 atom stereocenters.